The summed E-state index contributed by atoms with van der Waals surface area (Å²) in [6, 6.07) is 17.3. The molecule has 0 aliphatic heterocycles. The molecule has 0 spiro atoms. The minimum absolute atomic E-state index is 0.0834. The van der Waals surface area contributed by atoms with Crippen LogP contribution >= 0.6 is 23.4 Å². The zero-order valence-electron chi connectivity index (χ0n) is 17.7. The van der Waals surface area contributed by atoms with Crippen molar-refractivity contribution in [2.45, 2.75) is 17.1 Å². The second kappa shape index (κ2) is 10.8. The van der Waals surface area contributed by atoms with E-state index < -0.39 is 10.2 Å². The predicted molar refractivity (Wildman–Crippen MR) is 129 cm³/mol. The van der Waals surface area contributed by atoms with E-state index in [-0.39, 0.29) is 17.5 Å². The Bertz CT molecular complexity index is 1170. The summed E-state index contributed by atoms with van der Waals surface area (Å²) in [5.41, 5.74) is 1.27. The number of hydrogen-bond donors (Lipinski definition) is 2. The summed E-state index contributed by atoms with van der Waals surface area (Å²) < 4.78 is 5.25. The van der Waals surface area contributed by atoms with Crippen LogP contribution in [-0.4, -0.2) is 29.1 Å². The fourth-order valence-corrected chi connectivity index (χ4v) is 3.86. The number of halogens is 1. The molecule has 0 aromatic heterocycles. The molecule has 0 aliphatic rings. The highest BCUT2D eigenvalue weighted by Crippen LogP contribution is 2.30. The van der Waals surface area contributed by atoms with Gasteiger partial charge in [0, 0.05) is 33.3 Å². The number of carbonyl (C=O) groups is 2. The molecule has 0 saturated heterocycles. The van der Waals surface area contributed by atoms with Crippen molar-refractivity contribution >= 4 is 52.2 Å². The lowest BCUT2D eigenvalue weighted by molar-refractivity contribution is -0.384. The average molecular weight is 486 g/mol. The lowest BCUT2D eigenvalue weighted by Gasteiger charge is -2.15. The third-order valence-electron chi connectivity index (χ3n) is 4.55. The number of benzene rings is 3. The molecule has 170 valence electrons. The molecule has 0 saturated carbocycles. The summed E-state index contributed by atoms with van der Waals surface area (Å²) in [4.78, 5) is 36.0. The van der Waals surface area contributed by atoms with E-state index in [1.807, 2.05) is 0 Å². The van der Waals surface area contributed by atoms with Crippen LogP contribution in [0.2, 0.25) is 5.02 Å². The van der Waals surface area contributed by atoms with Gasteiger partial charge in [0.15, 0.2) is 0 Å². The van der Waals surface area contributed by atoms with Crippen molar-refractivity contribution in [3.63, 3.8) is 0 Å². The number of hydrogen-bond acceptors (Lipinski definition) is 6. The van der Waals surface area contributed by atoms with Gasteiger partial charge in [0.25, 0.3) is 11.6 Å². The van der Waals surface area contributed by atoms with Gasteiger partial charge in [0.05, 0.1) is 23.0 Å². The van der Waals surface area contributed by atoms with Crippen LogP contribution in [0.1, 0.15) is 17.3 Å². The molecule has 0 aliphatic carbocycles. The highest BCUT2D eigenvalue weighted by molar-refractivity contribution is 8.00. The average Bonchev–Trinajstić information content (AvgIpc) is 2.80. The van der Waals surface area contributed by atoms with Crippen LogP contribution < -0.4 is 15.4 Å². The number of nitro groups is 1. The van der Waals surface area contributed by atoms with E-state index in [9.17, 15) is 19.7 Å². The highest BCUT2D eigenvalue weighted by atomic mass is 35.5. The van der Waals surface area contributed by atoms with E-state index in [1.165, 1.54) is 43.1 Å². The number of nitrogens with one attached hydrogen (secondary N) is 2. The number of rotatable bonds is 8. The minimum Gasteiger partial charge on any atom is -0.495 e. The van der Waals surface area contributed by atoms with Crippen LogP contribution in [0.4, 0.5) is 17.1 Å². The van der Waals surface area contributed by atoms with Crippen LogP contribution in [0.3, 0.4) is 0 Å². The molecular formula is C23H20ClN3O5S. The number of anilines is 2. The van der Waals surface area contributed by atoms with Gasteiger partial charge >= 0.3 is 0 Å². The van der Waals surface area contributed by atoms with Gasteiger partial charge in [-0.3, -0.25) is 19.7 Å². The molecule has 3 rings (SSSR count). The number of amides is 2. The van der Waals surface area contributed by atoms with Gasteiger partial charge in [-0.05, 0) is 61.5 Å². The molecular weight excluding hydrogens is 466 g/mol. The summed E-state index contributed by atoms with van der Waals surface area (Å²) in [5, 5.41) is 16.4. The van der Waals surface area contributed by atoms with Crippen LogP contribution in [0, 0.1) is 10.1 Å². The van der Waals surface area contributed by atoms with Crippen molar-refractivity contribution in [3.8, 4) is 5.75 Å². The monoisotopic (exact) mass is 485 g/mol. The second-order valence-electron chi connectivity index (χ2n) is 6.88. The van der Waals surface area contributed by atoms with Crippen molar-refractivity contribution in [2.75, 3.05) is 17.7 Å². The standard InChI is InChI=1S/C23H20ClN3O5S/c1-14(22(28)26-20-13-16(24)5-12-21(20)32-2)33-19-10-6-17(7-11-19)25-23(29)15-3-8-18(9-4-15)27(30)31/h3-14H,1-2H3,(H,25,29)(H,26,28). The second-order valence-corrected chi connectivity index (χ2v) is 8.73. The summed E-state index contributed by atoms with van der Waals surface area (Å²) in [5.74, 6) is -0.0808. The van der Waals surface area contributed by atoms with Gasteiger partial charge in [-0.1, -0.05) is 11.6 Å². The van der Waals surface area contributed by atoms with E-state index in [2.05, 4.69) is 10.6 Å². The van der Waals surface area contributed by atoms with Crippen LogP contribution in [0.15, 0.2) is 71.6 Å². The van der Waals surface area contributed by atoms with Crippen LogP contribution in [-0.2, 0) is 4.79 Å². The maximum absolute atomic E-state index is 12.6. The van der Waals surface area contributed by atoms with E-state index in [4.69, 9.17) is 16.3 Å². The molecule has 10 heteroatoms. The first-order valence-corrected chi connectivity index (χ1v) is 11.0. The van der Waals surface area contributed by atoms with Crippen molar-refractivity contribution in [1.82, 2.24) is 0 Å². The third kappa shape index (κ3) is 6.47. The first-order valence-electron chi connectivity index (χ1n) is 9.73. The van der Waals surface area contributed by atoms with Gasteiger partial charge < -0.3 is 15.4 Å². The Morgan fingerprint density at radius 2 is 1.70 bits per heavy atom. The number of methoxy groups -OCH3 is 1. The van der Waals surface area contributed by atoms with E-state index in [1.54, 1.807) is 49.4 Å². The minimum atomic E-state index is -0.523. The van der Waals surface area contributed by atoms with Crippen molar-refractivity contribution in [1.29, 1.82) is 0 Å². The topological polar surface area (TPSA) is 111 Å². The number of carbonyl (C=O) groups excluding carboxylic acids is 2. The Morgan fingerprint density at radius 1 is 1.03 bits per heavy atom. The molecule has 0 bridgehead atoms. The number of non-ortho nitro benzene ring substituents is 1. The predicted octanol–water partition coefficient (Wildman–Crippen LogP) is 5.63. The molecule has 1 atom stereocenters. The van der Waals surface area contributed by atoms with Crippen molar-refractivity contribution < 1.29 is 19.2 Å². The van der Waals surface area contributed by atoms with Crippen molar-refractivity contribution in [3.05, 3.63) is 87.4 Å². The lowest BCUT2D eigenvalue weighted by atomic mass is 10.2. The van der Waals surface area contributed by atoms with Gasteiger partial charge in [0.2, 0.25) is 5.91 Å². The zero-order valence-corrected chi connectivity index (χ0v) is 19.3. The van der Waals surface area contributed by atoms with Gasteiger partial charge in [0.1, 0.15) is 5.75 Å². The number of thioether (sulfide) groups is 1. The summed E-state index contributed by atoms with van der Waals surface area (Å²) in [7, 11) is 1.51. The SMILES string of the molecule is COc1ccc(Cl)cc1NC(=O)C(C)Sc1ccc(NC(=O)c2ccc([N+](=O)[O-])cc2)cc1. The first kappa shape index (κ1) is 24.1. The summed E-state index contributed by atoms with van der Waals surface area (Å²) in [6.45, 7) is 1.78. The molecule has 1 unspecified atom stereocenters. The Morgan fingerprint density at radius 3 is 2.30 bits per heavy atom. The van der Waals surface area contributed by atoms with E-state index in [0.717, 1.165) is 4.90 Å². The molecule has 2 amide bonds. The molecule has 2 N–H and O–H groups in total. The fourth-order valence-electron chi connectivity index (χ4n) is 2.82. The Kier molecular flexibility index (Phi) is 7.92. The van der Waals surface area contributed by atoms with Gasteiger partial charge in [-0.2, -0.15) is 0 Å². The molecule has 0 fully saturated rings. The lowest BCUT2D eigenvalue weighted by Crippen LogP contribution is -2.22. The highest BCUT2D eigenvalue weighted by Gasteiger charge is 2.17. The Labute approximate surface area is 199 Å². The largest absolute Gasteiger partial charge is 0.495 e. The first-order chi connectivity index (χ1) is 15.8. The number of nitrogens with zero attached hydrogens (tertiary/aromatic N) is 1. The number of ether oxygens (including phenoxy) is 1. The molecule has 0 heterocycles. The van der Waals surface area contributed by atoms with Crippen molar-refractivity contribution in [2.24, 2.45) is 0 Å². The molecule has 3 aromatic rings. The fraction of sp³-hybridized carbons (Fsp3) is 0.130. The van der Waals surface area contributed by atoms with E-state index in [0.29, 0.717) is 27.7 Å². The molecule has 3 aromatic carbocycles. The number of nitro benzene ring substituents is 1. The smallest absolute Gasteiger partial charge is 0.269 e. The van der Waals surface area contributed by atoms with Gasteiger partial charge in [-0.25, -0.2) is 0 Å². The molecule has 0 radical (unpaired) electrons. The summed E-state index contributed by atoms with van der Waals surface area (Å²) in [6.07, 6.45) is 0. The quantitative estimate of drug-likeness (QED) is 0.243. The third-order valence-corrected chi connectivity index (χ3v) is 5.90. The maximum Gasteiger partial charge on any atom is 0.269 e. The van der Waals surface area contributed by atoms with Crippen LogP contribution in [0.25, 0.3) is 0 Å². The zero-order chi connectivity index (χ0) is 24.0. The Hall–Kier alpha value is -3.56. The maximum atomic E-state index is 12.6. The Balaban J connectivity index is 1.58. The molecule has 8 nitrogen and oxygen atoms in total. The van der Waals surface area contributed by atoms with Gasteiger partial charge in [-0.15, -0.1) is 11.8 Å². The normalized spacial score (nSPS) is 11.4. The molecule has 33 heavy (non-hydrogen) atoms. The summed E-state index contributed by atoms with van der Waals surface area (Å²) >= 11 is 7.36. The van der Waals surface area contributed by atoms with Crippen LogP contribution in [0.5, 0.6) is 5.75 Å². The van der Waals surface area contributed by atoms with E-state index >= 15 is 0 Å².